The molecule has 2 fully saturated rings. The van der Waals surface area contributed by atoms with Crippen LogP contribution in [-0.2, 0) is 36.8 Å². The molecule has 0 aromatic carbocycles. The van der Waals surface area contributed by atoms with Gasteiger partial charge in [-0.25, -0.2) is 0 Å². The molecule has 10 heteroatoms. The van der Waals surface area contributed by atoms with Gasteiger partial charge in [-0.1, -0.05) is 34.6 Å². The SMILES string of the molecule is CC1(C)Cc2nc(C3CCOCC3)c3c(c2[C@@H](O[Si](C)(C)C(C)(C)C)C1)C1(CCOCC1)O[C@@H]3c1ccc(C(F)(F)F)cn1. The van der Waals surface area contributed by atoms with Crippen LogP contribution in [0.1, 0.15) is 124 Å². The molecule has 2 atom stereocenters. The Morgan fingerprint density at radius 3 is 2.20 bits per heavy atom. The van der Waals surface area contributed by atoms with Crippen molar-refractivity contribution in [2.75, 3.05) is 26.4 Å². The molecule has 4 aliphatic rings. The summed E-state index contributed by atoms with van der Waals surface area (Å²) in [6.45, 7) is 18.4. The third kappa shape index (κ3) is 5.78. The summed E-state index contributed by atoms with van der Waals surface area (Å²) in [5, 5.41) is 0.0208. The Kier molecular flexibility index (Phi) is 8.13. The summed E-state index contributed by atoms with van der Waals surface area (Å²) in [4.78, 5) is 9.90. The maximum atomic E-state index is 13.5. The van der Waals surface area contributed by atoms with E-state index >= 15 is 0 Å². The number of ether oxygens (including phenoxy) is 3. The van der Waals surface area contributed by atoms with Gasteiger partial charge in [0, 0.05) is 68.2 Å². The highest BCUT2D eigenvalue weighted by molar-refractivity contribution is 6.74. The maximum absolute atomic E-state index is 13.5. The molecule has 2 aromatic rings. The van der Waals surface area contributed by atoms with E-state index in [1.165, 1.54) is 6.07 Å². The molecule has 0 saturated carbocycles. The largest absolute Gasteiger partial charge is 0.417 e. The van der Waals surface area contributed by atoms with Crippen LogP contribution >= 0.6 is 0 Å². The molecular formula is C34H47F3N2O4Si. The average molecular weight is 633 g/mol. The first-order chi connectivity index (χ1) is 20.5. The minimum atomic E-state index is -4.46. The number of nitrogens with zero attached hydrogens (tertiary/aromatic N) is 2. The fourth-order valence-corrected chi connectivity index (χ4v) is 8.58. The lowest BCUT2D eigenvalue weighted by Gasteiger charge is -2.46. The van der Waals surface area contributed by atoms with Gasteiger partial charge in [0.2, 0.25) is 0 Å². The van der Waals surface area contributed by atoms with Gasteiger partial charge in [-0.15, -0.1) is 0 Å². The molecule has 44 heavy (non-hydrogen) atoms. The van der Waals surface area contributed by atoms with Gasteiger partial charge in [0.25, 0.3) is 0 Å². The van der Waals surface area contributed by atoms with Gasteiger partial charge in [0.1, 0.15) is 6.10 Å². The van der Waals surface area contributed by atoms with Crippen LogP contribution in [0.2, 0.25) is 18.1 Å². The van der Waals surface area contributed by atoms with Crippen molar-refractivity contribution in [3.63, 3.8) is 0 Å². The van der Waals surface area contributed by atoms with Crippen LogP contribution in [0.3, 0.4) is 0 Å². The fourth-order valence-electron chi connectivity index (χ4n) is 7.31. The average Bonchev–Trinajstić information content (AvgIpc) is 3.25. The van der Waals surface area contributed by atoms with E-state index in [4.69, 9.17) is 23.6 Å². The van der Waals surface area contributed by atoms with Gasteiger partial charge in [-0.2, -0.15) is 13.2 Å². The number of hydrogen-bond donors (Lipinski definition) is 0. The van der Waals surface area contributed by atoms with Crippen LogP contribution in [0.4, 0.5) is 13.2 Å². The lowest BCUT2D eigenvalue weighted by molar-refractivity contribution is -0.138. The van der Waals surface area contributed by atoms with Crippen LogP contribution in [0.5, 0.6) is 0 Å². The summed E-state index contributed by atoms with van der Waals surface area (Å²) in [6, 6.07) is 2.60. The van der Waals surface area contributed by atoms with Gasteiger partial charge in [0.15, 0.2) is 8.32 Å². The van der Waals surface area contributed by atoms with Crippen molar-refractivity contribution in [2.45, 2.75) is 121 Å². The van der Waals surface area contributed by atoms with Crippen LogP contribution < -0.4 is 0 Å². The third-order valence-electron chi connectivity index (χ3n) is 10.7. The highest BCUT2D eigenvalue weighted by Gasteiger charge is 2.54. The van der Waals surface area contributed by atoms with E-state index in [0.717, 1.165) is 66.0 Å². The van der Waals surface area contributed by atoms with Gasteiger partial charge in [-0.05, 0) is 66.9 Å². The van der Waals surface area contributed by atoms with Crippen molar-refractivity contribution in [2.24, 2.45) is 5.41 Å². The topological polar surface area (TPSA) is 62.7 Å². The number of hydrogen-bond acceptors (Lipinski definition) is 6. The number of pyridine rings is 2. The molecule has 5 heterocycles. The summed E-state index contributed by atoms with van der Waals surface area (Å²) in [7, 11) is -2.20. The summed E-state index contributed by atoms with van der Waals surface area (Å²) in [5.74, 6) is 0.170. The highest BCUT2D eigenvalue weighted by Crippen LogP contribution is 2.59. The minimum absolute atomic E-state index is 0.00903. The van der Waals surface area contributed by atoms with Crippen LogP contribution in [0.15, 0.2) is 18.3 Å². The summed E-state index contributed by atoms with van der Waals surface area (Å²) >= 11 is 0. The molecular weight excluding hydrogens is 585 g/mol. The second-order valence-electron chi connectivity index (χ2n) is 15.5. The van der Waals surface area contributed by atoms with E-state index in [-0.39, 0.29) is 22.5 Å². The van der Waals surface area contributed by atoms with Crippen molar-refractivity contribution in [3.8, 4) is 0 Å². The fraction of sp³-hybridized carbons (Fsp3) is 0.706. The van der Waals surface area contributed by atoms with E-state index in [1.54, 1.807) is 0 Å². The molecule has 1 spiro atoms. The predicted octanol–water partition coefficient (Wildman–Crippen LogP) is 8.55. The molecule has 3 aliphatic heterocycles. The number of rotatable bonds is 4. The number of fused-ring (bicyclic) bond motifs is 4. The summed E-state index contributed by atoms with van der Waals surface area (Å²) in [6.07, 6.45) is 0.409. The Bertz CT molecular complexity index is 1370. The number of alkyl halides is 3. The Morgan fingerprint density at radius 2 is 1.61 bits per heavy atom. The lowest BCUT2D eigenvalue weighted by Crippen LogP contribution is -2.45. The predicted molar refractivity (Wildman–Crippen MR) is 164 cm³/mol. The molecule has 0 N–H and O–H groups in total. The van der Waals surface area contributed by atoms with E-state index in [9.17, 15) is 13.2 Å². The zero-order valence-electron chi connectivity index (χ0n) is 27.2. The van der Waals surface area contributed by atoms with E-state index in [1.807, 2.05) is 0 Å². The van der Waals surface area contributed by atoms with Gasteiger partial charge in [-0.3, -0.25) is 9.97 Å². The number of halogens is 3. The molecule has 6 nitrogen and oxygen atoms in total. The second-order valence-corrected chi connectivity index (χ2v) is 20.3. The third-order valence-corrected chi connectivity index (χ3v) is 15.2. The number of aromatic nitrogens is 2. The Labute approximate surface area is 260 Å². The maximum Gasteiger partial charge on any atom is 0.417 e. The molecule has 242 valence electrons. The molecule has 1 aliphatic carbocycles. The van der Waals surface area contributed by atoms with Crippen molar-refractivity contribution >= 4 is 8.32 Å². The first-order valence-electron chi connectivity index (χ1n) is 16.1. The monoisotopic (exact) mass is 632 g/mol. The van der Waals surface area contributed by atoms with Gasteiger partial charge < -0.3 is 18.6 Å². The van der Waals surface area contributed by atoms with Crippen molar-refractivity contribution in [1.29, 1.82) is 0 Å². The smallest absolute Gasteiger partial charge is 0.410 e. The normalized spacial score (nSPS) is 25.6. The van der Waals surface area contributed by atoms with E-state index in [0.29, 0.717) is 45.0 Å². The molecule has 0 amide bonds. The van der Waals surface area contributed by atoms with Crippen molar-refractivity contribution in [3.05, 3.63) is 57.7 Å². The first-order valence-corrected chi connectivity index (χ1v) is 19.0. The summed E-state index contributed by atoms with van der Waals surface area (Å²) in [5.41, 5.74) is 4.44. The quantitative estimate of drug-likeness (QED) is 0.315. The van der Waals surface area contributed by atoms with Crippen LogP contribution in [0.25, 0.3) is 0 Å². The van der Waals surface area contributed by atoms with E-state index in [2.05, 4.69) is 52.7 Å². The Morgan fingerprint density at radius 1 is 0.955 bits per heavy atom. The minimum Gasteiger partial charge on any atom is -0.410 e. The molecule has 2 aromatic heterocycles. The zero-order chi connectivity index (χ0) is 31.7. The lowest BCUT2D eigenvalue weighted by atomic mass is 9.69. The van der Waals surface area contributed by atoms with E-state index < -0.39 is 31.8 Å². The standard InChI is InChI=1S/C34H47F3N2O4Si/c1-31(2,3)44(6,7)43-25-19-32(4,5)18-24-26(25)28-27(29(39-24)21-10-14-40-15-11-21)30(42-33(28)12-16-41-17-13-33)23-9-8-22(20-38-23)34(35,36)37/h8-9,20-21,25,30H,10-19H2,1-7H3/t25-,30+/m0/s1. The molecule has 0 radical (unpaired) electrons. The van der Waals surface area contributed by atoms with Crippen LogP contribution in [-0.4, -0.2) is 44.7 Å². The van der Waals surface area contributed by atoms with Gasteiger partial charge >= 0.3 is 6.18 Å². The second kappa shape index (κ2) is 11.1. The van der Waals surface area contributed by atoms with Crippen molar-refractivity contribution < 1.29 is 31.8 Å². The zero-order valence-corrected chi connectivity index (χ0v) is 28.2. The van der Waals surface area contributed by atoms with Crippen molar-refractivity contribution in [1.82, 2.24) is 9.97 Å². The van der Waals surface area contributed by atoms with Crippen LogP contribution in [0, 0.1) is 5.41 Å². The Balaban J connectivity index is 1.60. The Hall–Kier alpha value is -1.85. The van der Waals surface area contributed by atoms with Gasteiger partial charge in [0.05, 0.1) is 28.7 Å². The molecule has 0 unspecified atom stereocenters. The first kappa shape index (κ1) is 32.1. The molecule has 2 saturated heterocycles. The highest BCUT2D eigenvalue weighted by atomic mass is 28.4. The summed E-state index contributed by atoms with van der Waals surface area (Å²) < 4.78 is 66.6. The molecule has 0 bridgehead atoms. The molecule has 6 rings (SSSR count).